The molecule has 0 aliphatic rings. The third kappa shape index (κ3) is 2.17. The smallest absolute Gasteiger partial charge is 0.180 e. The minimum atomic E-state index is 0.611. The molecule has 0 amide bonds. The van der Waals surface area contributed by atoms with Crippen molar-refractivity contribution < 1.29 is 4.74 Å². The summed E-state index contributed by atoms with van der Waals surface area (Å²) >= 11 is 1.53. The van der Waals surface area contributed by atoms with E-state index in [-0.39, 0.29) is 0 Å². The Balaban J connectivity index is 2.32. The lowest BCUT2D eigenvalue weighted by molar-refractivity contribution is 0.341. The SMILES string of the molecule is CCOc1ccc2c(c1)c(-c1nc(N)sc1C)c(C)n2C. The van der Waals surface area contributed by atoms with Gasteiger partial charge in [-0.05, 0) is 39.0 Å². The van der Waals surface area contributed by atoms with Gasteiger partial charge in [-0.25, -0.2) is 4.98 Å². The van der Waals surface area contributed by atoms with Gasteiger partial charge in [0.25, 0.3) is 0 Å². The van der Waals surface area contributed by atoms with Gasteiger partial charge in [0.1, 0.15) is 5.75 Å². The zero-order chi connectivity index (χ0) is 15.1. The summed E-state index contributed by atoms with van der Waals surface area (Å²) in [4.78, 5) is 5.67. The van der Waals surface area contributed by atoms with E-state index in [4.69, 9.17) is 10.5 Å². The van der Waals surface area contributed by atoms with E-state index in [1.807, 2.05) is 13.0 Å². The largest absolute Gasteiger partial charge is 0.494 e. The number of ether oxygens (including phenoxy) is 1. The third-order valence-electron chi connectivity index (χ3n) is 3.82. The summed E-state index contributed by atoms with van der Waals surface area (Å²) in [7, 11) is 2.08. The maximum atomic E-state index is 5.87. The maximum Gasteiger partial charge on any atom is 0.180 e. The van der Waals surface area contributed by atoms with Crippen LogP contribution in [-0.2, 0) is 7.05 Å². The summed E-state index contributed by atoms with van der Waals surface area (Å²) in [6, 6.07) is 6.20. The summed E-state index contributed by atoms with van der Waals surface area (Å²) < 4.78 is 7.83. The molecular formula is C16H19N3OS. The van der Waals surface area contributed by atoms with Crippen LogP contribution in [0.4, 0.5) is 5.13 Å². The van der Waals surface area contributed by atoms with E-state index in [0.717, 1.165) is 27.3 Å². The van der Waals surface area contributed by atoms with Crippen molar-refractivity contribution in [3.8, 4) is 17.0 Å². The number of nitrogens with two attached hydrogens (primary N) is 1. The highest BCUT2D eigenvalue weighted by Crippen LogP contribution is 2.38. The highest BCUT2D eigenvalue weighted by atomic mass is 32.1. The number of hydrogen-bond donors (Lipinski definition) is 1. The number of hydrogen-bond acceptors (Lipinski definition) is 4. The lowest BCUT2D eigenvalue weighted by Crippen LogP contribution is -1.92. The predicted molar refractivity (Wildman–Crippen MR) is 89.1 cm³/mol. The Hall–Kier alpha value is -2.01. The Morgan fingerprint density at radius 3 is 2.71 bits per heavy atom. The Morgan fingerprint density at radius 2 is 2.10 bits per heavy atom. The van der Waals surface area contributed by atoms with E-state index in [1.165, 1.54) is 22.5 Å². The summed E-state index contributed by atoms with van der Waals surface area (Å²) in [6.07, 6.45) is 0. The Morgan fingerprint density at radius 1 is 1.33 bits per heavy atom. The van der Waals surface area contributed by atoms with Crippen LogP contribution >= 0.6 is 11.3 Å². The first-order chi connectivity index (χ1) is 10.0. The number of nitrogen functional groups attached to an aromatic ring is 1. The number of anilines is 1. The monoisotopic (exact) mass is 301 g/mol. The molecule has 2 heterocycles. The molecule has 0 radical (unpaired) electrons. The zero-order valence-electron chi connectivity index (χ0n) is 12.7. The van der Waals surface area contributed by atoms with Crippen LogP contribution in [0.1, 0.15) is 17.5 Å². The van der Waals surface area contributed by atoms with Crippen LogP contribution in [0.5, 0.6) is 5.75 Å². The van der Waals surface area contributed by atoms with Gasteiger partial charge in [0.2, 0.25) is 0 Å². The molecule has 0 spiro atoms. The lowest BCUT2D eigenvalue weighted by atomic mass is 10.1. The first kappa shape index (κ1) is 13.9. The average molecular weight is 301 g/mol. The Labute approximate surface area is 128 Å². The lowest BCUT2D eigenvalue weighted by Gasteiger charge is -2.04. The molecule has 3 rings (SSSR count). The van der Waals surface area contributed by atoms with Crippen LogP contribution in [0.15, 0.2) is 18.2 Å². The van der Waals surface area contributed by atoms with Gasteiger partial charge in [0.15, 0.2) is 5.13 Å². The van der Waals surface area contributed by atoms with Crippen molar-refractivity contribution in [2.75, 3.05) is 12.3 Å². The molecule has 0 fully saturated rings. The molecule has 0 saturated carbocycles. The Kier molecular flexibility index (Phi) is 3.37. The van der Waals surface area contributed by atoms with Crippen molar-refractivity contribution >= 4 is 27.4 Å². The average Bonchev–Trinajstić information content (AvgIpc) is 2.89. The van der Waals surface area contributed by atoms with E-state index in [0.29, 0.717) is 11.7 Å². The van der Waals surface area contributed by atoms with Gasteiger partial charge in [-0.1, -0.05) is 0 Å². The third-order valence-corrected chi connectivity index (χ3v) is 4.62. The number of rotatable bonds is 3. The standard InChI is InChI=1S/C16H19N3OS/c1-5-20-11-6-7-13-12(8-11)14(9(2)19(13)4)15-10(3)21-16(17)18-15/h6-8H,5H2,1-4H3,(H2,17,18). The molecule has 1 aromatic carbocycles. The van der Waals surface area contributed by atoms with Crippen molar-refractivity contribution in [2.24, 2.45) is 7.05 Å². The number of thiazole rings is 1. The van der Waals surface area contributed by atoms with E-state index in [9.17, 15) is 0 Å². The van der Waals surface area contributed by atoms with Crippen LogP contribution in [-0.4, -0.2) is 16.2 Å². The fourth-order valence-corrected chi connectivity index (χ4v) is 3.45. The minimum Gasteiger partial charge on any atom is -0.494 e. The first-order valence-corrected chi connectivity index (χ1v) is 7.79. The summed E-state index contributed by atoms with van der Waals surface area (Å²) in [5, 5.41) is 1.77. The van der Waals surface area contributed by atoms with E-state index >= 15 is 0 Å². The van der Waals surface area contributed by atoms with Crippen LogP contribution in [0, 0.1) is 13.8 Å². The van der Waals surface area contributed by atoms with Gasteiger partial charge < -0.3 is 15.0 Å². The number of fused-ring (bicyclic) bond motifs is 1. The topological polar surface area (TPSA) is 53.1 Å². The molecular weight excluding hydrogens is 282 g/mol. The predicted octanol–water partition coefficient (Wildman–Crippen LogP) is 3.90. The molecule has 4 nitrogen and oxygen atoms in total. The number of aryl methyl sites for hydroxylation is 2. The molecule has 2 N–H and O–H groups in total. The fourth-order valence-electron chi connectivity index (χ4n) is 2.76. The highest BCUT2D eigenvalue weighted by Gasteiger charge is 2.18. The normalized spacial score (nSPS) is 11.2. The van der Waals surface area contributed by atoms with Crippen LogP contribution < -0.4 is 10.5 Å². The van der Waals surface area contributed by atoms with Gasteiger partial charge in [-0.2, -0.15) is 0 Å². The number of aromatic nitrogens is 2. The number of benzene rings is 1. The second-order valence-corrected chi connectivity index (χ2v) is 6.32. The molecule has 2 aromatic heterocycles. The van der Waals surface area contributed by atoms with Crippen molar-refractivity contribution in [1.29, 1.82) is 0 Å². The molecule has 0 unspecified atom stereocenters. The van der Waals surface area contributed by atoms with Crippen molar-refractivity contribution in [3.05, 3.63) is 28.8 Å². The van der Waals surface area contributed by atoms with Gasteiger partial charge in [-0.3, -0.25) is 0 Å². The van der Waals surface area contributed by atoms with Gasteiger partial charge in [0, 0.05) is 34.1 Å². The fraction of sp³-hybridized carbons (Fsp3) is 0.312. The molecule has 0 aliphatic carbocycles. The minimum absolute atomic E-state index is 0.611. The zero-order valence-corrected chi connectivity index (χ0v) is 13.5. The van der Waals surface area contributed by atoms with Crippen molar-refractivity contribution in [2.45, 2.75) is 20.8 Å². The molecule has 3 aromatic rings. The number of nitrogens with zero attached hydrogens (tertiary/aromatic N) is 2. The van der Waals surface area contributed by atoms with Crippen molar-refractivity contribution in [3.63, 3.8) is 0 Å². The summed E-state index contributed by atoms with van der Waals surface area (Å²) in [5.74, 6) is 0.887. The van der Waals surface area contributed by atoms with Crippen LogP contribution in [0.3, 0.4) is 0 Å². The van der Waals surface area contributed by atoms with Crippen molar-refractivity contribution in [1.82, 2.24) is 9.55 Å². The van der Waals surface area contributed by atoms with E-state index in [2.05, 4.69) is 42.6 Å². The van der Waals surface area contributed by atoms with E-state index < -0.39 is 0 Å². The molecule has 5 heteroatoms. The quantitative estimate of drug-likeness (QED) is 0.798. The molecule has 0 saturated heterocycles. The molecule has 0 atom stereocenters. The molecule has 0 aliphatic heterocycles. The van der Waals surface area contributed by atoms with E-state index in [1.54, 1.807) is 0 Å². The Bertz CT molecular complexity index is 817. The first-order valence-electron chi connectivity index (χ1n) is 6.98. The molecule has 21 heavy (non-hydrogen) atoms. The maximum absolute atomic E-state index is 5.87. The second-order valence-electron chi connectivity index (χ2n) is 5.09. The second kappa shape index (κ2) is 5.07. The van der Waals surface area contributed by atoms with Gasteiger partial charge in [-0.15, -0.1) is 11.3 Å². The van der Waals surface area contributed by atoms with Crippen LogP contribution in [0.25, 0.3) is 22.2 Å². The van der Waals surface area contributed by atoms with Crippen LogP contribution in [0.2, 0.25) is 0 Å². The van der Waals surface area contributed by atoms with Gasteiger partial charge in [0.05, 0.1) is 12.3 Å². The molecule has 110 valence electrons. The summed E-state index contributed by atoms with van der Waals surface area (Å²) in [5.41, 5.74) is 10.4. The van der Waals surface area contributed by atoms with Gasteiger partial charge >= 0.3 is 0 Å². The molecule has 0 bridgehead atoms. The summed E-state index contributed by atoms with van der Waals surface area (Å²) in [6.45, 7) is 6.83. The highest BCUT2D eigenvalue weighted by molar-refractivity contribution is 7.15.